The Kier molecular flexibility index (Phi) is 57.2. The summed E-state index contributed by atoms with van der Waals surface area (Å²) >= 11 is 5.14. The molecule has 1 heterocycles. The van der Waals surface area contributed by atoms with E-state index in [1.165, 1.54) is 86.8 Å². The van der Waals surface area contributed by atoms with E-state index in [-0.39, 0.29) is 17.7 Å². The maximum absolute atomic E-state index is 13.8. The molecule has 11 nitrogen and oxygen atoms in total. The van der Waals surface area contributed by atoms with Gasteiger partial charge < -0.3 is 36.2 Å². The van der Waals surface area contributed by atoms with Crippen LogP contribution in [0.4, 0.5) is 11.4 Å². The van der Waals surface area contributed by atoms with Crippen LogP contribution in [0.1, 0.15) is 206 Å². The van der Waals surface area contributed by atoms with Gasteiger partial charge in [0.05, 0.1) is 16.3 Å². The highest BCUT2D eigenvalue weighted by atomic mass is 32.2. The van der Waals surface area contributed by atoms with Crippen molar-refractivity contribution < 1.29 is 19.1 Å². The van der Waals surface area contributed by atoms with Crippen LogP contribution < -0.4 is 16.8 Å². The van der Waals surface area contributed by atoms with Crippen molar-refractivity contribution in [2.24, 2.45) is 16.6 Å². The van der Waals surface area contributed by atoms with E-state index < -0.39 is 6.04 Å². The molecule has 1 saturated heterocycles. The molecule has 0 bridgehead atoms. The number of likely N-dealkylation sites (N-methyl/N-ethyl adjacent to an activating group) is 1. The average Bonchev–Trinajstić information content (AvgIpc) is 1.88. The van der Waals surface area contributed by atoms with Gasteiger partial charge in [0.25, 0.3) is 5.91 Å². The van der Waals surface area contributed by atoms with Crippen LogP contribution in [0.2, 0.25) is 0 Å². The van der Waals surface area contributed by atoms with Gasteiger partial charge >= 0.3 is 0 Å². The maximum Gasteiger partial charge on any atom is 0.257 e. The first-order chi connectivity index (χ1) is 42.0. The number of carbonyl (C=O) groups excluding carboxylic acids is 3. The number of nitrogen functional groups attached to an aromatic ring is 1. The SMILES string of the molecule is C/C=C(/N)Sc1ccccc1C.C=Nc1cc2ccccc2cc1C(=O)N(CC)C(C(=O)N1CCCC1)c1ccccc1.CC.CCCC.CCCC.CCCCCOC.CCCN(CCCC(=O)NC)CCC(C)CC.CS.Cc1ccc(N)cc1. The van der Waals surface area contributed by atoms with Crippen molar-refractivity contribution in [3.63, 3.8) is 0 Å². The van der Waals surface area contributed by atoms with Gasteiger partial charge in [-0.2, -0.15) is 12.6 Å². The number of anilines is 1. The van der Waals surface area contributed by atoms with E-state index in [9.17, 15) is 14.4 Å². The minimum Gasteiger partial charge on any atom is -0.399 e. The smallest absolute Gasteiger partial charge is 0.257 e. The fourth-order valence-electron chi connectivity index (χ4n) is 8.10. The lowest BCUT2D eigenvalue weighted by atomic mass is 10.00. The van der Waals surface area contributed by atoms with E-state index in [1.54, 1.807) is 37.1 Å². The van der Waals surface area contributed by atoms with Crippen molar-refractivity contribution in [3.8, 4) is 0 Å². The second-order valence-corrected chi connectivity index (χ2v) is 22.0. The number of fused-ring (bicyclic) bond motifs is 1. The highest BCUT2D eigenvalue weighted by molar-refractivity contribution is 8.03. The number of thiol groups is 1. The summed E-state index contributed by atoms with van der Waals surface area (Å²) in [6, 6.07) is 36.5. The molecule has 87 heavy (non-hydrogen) atoms. The molecule has 5 N–H and O–H groups in total. The summed E-state index contributed by atoms with van der Waals surface area (Å²) < 4.78 is 4.84. The number of carbonyl (C=O) groups is 3. The summed E-state index contributed by atoms with van der Waals surface area (Å²) in [5.41, 5.74) is 16.3. The first-order valence-electron chi connectivity index (χ1n) is 32.5. The Morgan fingerprint density at radius 2 is 1.30 bits per heavy atom. The molecular weight excluding hydrogens is 1110 g/mol. The van der Waals surface area contributed by atoms with Gasteiger partial charge in [-0.25, -0.2) is 0 Å². The van der Waals surface area contributed by atoms with E-state index in [0.29, 0.717) is 24.2 Å². The maximum atomic E-state index is 13.8. The van der Waals surface area contributed by atoms with Crippen LogP contribution in [0.5, 0.6) is 0 Å². The molecular formula is C74H123N7O4S2. The first kappa shape index (κ1) is 85.6. The van der Waals surface area contributed by atoms with Crippen LogP contribution in [0.15, 0.2) is 136 Å². The van der Waals surface area contributed by atoms with Crippen LogP contribution >= 0.6 is 24.4 Å². The molecule has 1 aliphatic heterocycles. The van der Waals surface area contributed by atoms with Crippen molar-refractivity contribution in [1.29, 1.82) is 0 Å². The molecule has 5 aromatic carbocycles. The Morgan fingerprint density at radius 3 is 1.77 bits per heavy atom. The number of thioether (sulfide) groups is 1. The zero-order valence-electron chi connectivity index (χ0n) is 57.7. The molecule has 5 aromatic rings. The highest BCUT2D eigenvalue weighted by Crippen LogP contribution is 2.32. The van der Waals surface area contributed by atoms with E-state index in [2.05, 4.69) is 109 Å². The number of unbranched alkanes of at least 4 members (excludes halogenated alkanes) is 4. The zero-order chi connectivity index (χ0) is 66.2. The summed E-state index contributed by atoms with van der Waals surface area (Å²) in [5, 5.41) is 5.48. The molecule has 2 unspecified atom stereocenters. The van der Waals surface area contributed by atoms with Crippen molar-refractivity contribution in [2.75, 3.05) is 72.0 Å². The van der Waals surface area contributed by atoms with Crippen molar-refractivity contribution in [1.82, 2.24) is 20.0 Å². The fourth-order valence-corrected chi connectivity index (χ4v) is 8.84. The van der Waals surface area contributed by atoms with Crippen LogP contribution in [0.25, 0.3) is 10.8 Å². The average molecular weight is 1240 g/mol. The number of hydrogen-bond donors (Lipinski definition) is 4. The third-order valence-electron chi connectivity index (χ3n) is 13.9. The number of methoxy groups -OCH3 is 1. The third-order valence-corrected chi connectivity index (χ3v) is 15.1. The van der Waals surface area contributed by atoms with Crippen molar-refractivity contribution in [3.05, 3.63) is 149 Å². The predicted molar refractivity (Wildman–Crippen MR) is 388 cm³/mol. The van der Waals surface area contributed by atoms with Crippen molar-refractivity contribution in [2.45, 2.75) is 198 Å². The summed E-state index contributed by atoms with van der Waals surface area (Å²) in [6.07, 6.45) is 20.0. The lowest BCUT2D eigenvalue weighted by molar-refractivity contribution is -0.135. The first-order valence-corrected chi connectivity index (χ1v) is 34.2. The molecule has 490 valence electrons. The van der Waals surface area contributed by atoms with Crippen LogP contribution in [0.3, 0.4) is 0 Å². The van der Waals surface area contributed by atoms with Gasteiger partial charge in [0, 0.05) is 57.4 Å². The van der Waals surface area contributed by atoms with E-state index in [0.717, 1.165) is 85.0 Å². The number of rotatable bonds is 24. The van der Waals surface area contributed by atoms with E-state index in [1.807, 2.05) is 149 Å². The summed E-state index contributed by atoms with van der Waals surface area (Å²) in [7, 11) is 3.45. The van der Waals surface area contributed by atoms with Crippen LogP contribution in [-0.4, -0.2) is 105 Å². The molecule has 1 aliphatic rings. The zero-order valence-corrected chi connectivity index (χ0v) is 59.4. The number of nitrogens with zero attached hydrogens (tertiary/aromatic N) is 4. The van der Waals surface area contributed by atoms with Gasteiger partial charge in [-0.05, 0) is 157 Å². The van der Waals surface area contributed by atoms with Crippen LogP contribution in [-0.2, 0) is 14.3 Å². The number of aryl methyl sites for hydroxylation is 2. The number of nitrogens with one attached hydrogen (secondary N) is 1. The number of likely N-dealkylation sites (tertiary alicyclic amines) is 1. The predicted octanol–water partition coefficient (Wildman–Crippen LogP) is 19.2. The molecule has 1 fully saturated rings. The quantitative estimate of drug-likeness (QED) is 0.0157. The Labute approximate surface area is 542 Å². The molecule has 2 atom stereocenters. The molecule has 0 saturated carbocycles. The molecule has 0 aromatic heterocycles. The van der Waals surface area contributed by atoms with Crippen molar-refractivity contribution >= 4 is 71.0 Å². The second-order valence-electron chi connectivity index (χ2n) is 20.9. The topological polar surface area (TPSA) is 147 Å². The summed E-state index contributed by atoms with van der Waals surface area (Å²) in [6.45, 7) is 39.5. The Bertz CT molecular complexity index is 2450. The fraction of sp³-hybridized carbons (Fsp3) is 0.541. The highest BCUT2D eigenvalue weighted by Gasteiger charge is 2.35. The second kappa shape index (κ2) is 58.1. The van der Waals surface area contributed by atoms with Gasteiger partial charge in [0.15, 0.2) is 0 Å². The van der Waals surface area contributed by atoms with Gasteiger partial charge in [0.2, 0.25) is 11.8 Å². The number of allylic oxidation sites excluding steroid dienone is 1. The Balaban J connectivity index is -0.00000106. The summed E-state index contributed by atoms with van der Waals surface area (Å²) in [5.74, 6) is 0.738. The standard InChI is InChI=1S/C26H27N3O2.C14H30N2O.C10H13NS.C7H9N.C6H14O.2C4H10.C2H6.CH4S/c1-3-29(24(19-11-5-4-6-12-19)26(31)28-15-9-10-16-28)25(30)22-17-20-13-7-8-14-21(20)18-23(22)27-2;1-5-10-16(12-9-13(3)6-2)11-7-8-14(17)15-4;1-3-10(11)12-9-7-5-4-6-8(9)2;1-6-2-4-7(8)5-3-6;1-3-4-5-6-7-2;2*1-3-4-2;2*1-2/h4-8,11-14,17-18,24H,2-3,9-10,15-16H2,1H3;13H,5-12H2,1-4H3,(H,15,17);3-7H,11H2,1-2H3;2-5H,8H2,1H3;3-6H2,1-2H3;2*3-4H2,1-2H3;1-2H3;2H,1H3/b;;10-3-;;;;;;. The number of amides is 3. The monoisotopic (exact) mass is 1240 g/mol. The minimum absolute atomic E-state index is 0.0206. The minimum atomic E-state index is -0.666. The molecule has 0 radical (unpaired) electrons. The van der Waals surface area contributed by atoms with Gasteiger partial charge in [-0.1, -0.05) is 223 Å². The van der Waals surface area contributed by atoms with E-state index >= 15 is 0 Å². The number of aliphatic imine (C=N–C) groups is 1. The lowest BCUT2D eigenvalue weighted by Gasteiger charge is -2.33. The molecule has 0 spiro atoms. The number of benzene rings is 5. The Morgan fingerprint density at radius 1 is 0.747 bits per heavy atom. The van der Waals surface area contributed by atoms with Crippen LogP contribution in [0, 0.1) is 19.8 Å². The van der Waals surface area contributed by atoms with Gasteiger partial charge in [0.1, 0.15) is 6.04 Å². The third kappa shape index (κ3) is 39.8. The number of nitrogens with two attached hydrogens (primary N) is 2. The lowest BCUT2D eigenvalue weighted by Crippen LogP contribution is -2.44. The van der Waals surface area contributed by atoms with E-state index in [4.69, 9.17) is 16.2 Å². The summed E-state index contributed by atoms with van der Waals surface area (Å²) in [4.78, 5) is 49.9. The van der Waals surface area contributed by atoms with Gasteiger partial charge in [-0.3, -0.25) is 19.4 Å². The number of ether oxygens (including phenoxy) is 1. The molecule has 0 aliphatic carbocycles. The molecule has 3 amide bonds. The Hall–Kier alpha value is -5.60. The normalized spacial score (nSPS) is 11.7. The van der Waals surface area contributed by atoms with Gasteiger partial charge in [-0.15, -0.1) is 0 Å². The number of hydrogen-bond acceptors (Lipinski definition) is 10. The molecule has 6 rings (SSSR count). The molecule has 13 heteroatoms. The largest absolute Gasteiger partial charge is 0.399 e.